The second-order valence-corrected chi connectivity index (χ2v) is 5.96. The Morgan fingerprint density at radius 2 is 1.79 bits per heavy atom. The summed E-state index contributed by atoms with van der Waals surface area (Å²) >= 11 is 2.21. The summed E-state index contributed by atoms with van der Waals surface area (Å²) in [4.78, 5) is 4.35. The molecular weight excluding hydrogens is 423 g/mol. The normalized spacial score (nSPS) is 10.5. The zero-order chi connectivity index (χ0) is 16.9. The van der Waals surface area contributed by atoms with E-state index >= 15 is 0 Å². The molecule has 3 aromatic rings. The maximum absolute atomic E-state index is 5.71. The van der Waals surface area contributed by atoms with Gasteiger partial charge in [-0.3, -0.25) is 0 Å². The molecule has 2 aromatic carbocycles. The highest BCUT2D eigenvalue weighted by Crippen LogP contribution is 2.31. The Balaban J connectivity index is 1.75. The minimum Gasteiger partial charge on any atom is -0.493 e. The van der Waals surface area contributed by atoms with Crippen LogP contribution >= 0.6 is 22.6 Å². The van der Waals surface area contributed by atoms with Gasteiger partial charge in [-0.05, 0) is 52.9 Å². The van der Waals surface area contributed by atoms with Gasteiger partial charge in [-0.15, -0.1) is 0 Å². The molecule has 24 heavy (non-hydrogen) atoms. The molecule has 124 valence electrons. The summed E-state index contributed by atoms with van der Waals surface area (Å²) in [6.45, 7) is 0.209. The van der Waals surface area contributed by atoms with Crippen molar-refractivity contribution in [2.75, 3.05) is 14.2 Å². The summed E-state index contributed by atoms with van der Waals surface area (Å²) in [5, 5.41) is 3.99. The third-order valence-corrected chi connectivity index (χ3v) is 4.19. The predicted molar refractivity (Wildman–Crippen MR) is 96.3 cm³/mol. The van der Waals surface area contributed by atoms with Crippen molar-refractivity contribution in [2.45, 2.75) is 6.61 Å². The Bertz CT molecular complexity index is 835. The van der Waals surface area contributed by atoms with E-state index in [2.05, 4.69) is 32.7 Å². The lowest BCUT2D eigenvalue weighted by atomic mass is 10.2. The van der Waals surface area contributed by atoms with Gasteiger partial charge in [0.2, 0.25) is 5.82 Å². The van der Waals surface area contributed by atoms with E-state index in [0.29, 0.717) is 23.2 Å². The number of methoxy groups -OCH3 is 2. The molecule has 0 amide bonds. The van der Waals surface area contributed by atoms with Crippen LogP contribution in [0.15, 0.2) is 47.0 Å². The molecule has 6 nitrogen and oxygen atoms in total. The first kappa shape index (κ1) is 16.6. The van der Waals surface area contributed by atoms with E-state index in [-0.39, 0.29) is 6.61 Å². The topological polar surface area (TPSA) is 66.6 Å². The number of nitrogens with zero attached hydrogens (tertiary/aromatic N) is 2. The lowest BCUT2D eigenvalue weighted by Crippen LogP contribution is -1.97. The molecule has 0 aliphatic heterocycles. The van der Waals surface area contributed by atoms with Crippen molar-refractivity contribution in [3.8, 4) is 28.6 Å². The number of hydrogen-bond acceptors (Lipinski definition) is 6. The predicted octanol–water partition coefficient (Wildman–Crippen LogP) is 3.94. The first-order valence-electron chi connectivity index (χ1n) is 7.13. The third kappa shape index (κ3) is 3.61. The van der Waals surface area contributed by atoms with E-state index in [1.807, 2.05) is 30.3 Å². The molecule has 0 atom stereocenters. The summed E-state index contributed by atoms with van der Waals surface area (Å²) in [7, 11) is 3.17. The fourth-order valence-electron chi connectivity index (χ4n) is 2.11. The van der Waals surface area contributed by atoms with Crippen LogP contribution in [0.2, 0.25) is 0 Å². The maximum Gasteiger partial charge on any atom is 0.264 e. The largest absolute Gasteiger partial charge is 0.493 e. The van der Waals surface area contributed by atoms with E-state index in [4.69, 9.17) is 18.7 Å². The molecule has 0 saturated heterocycles. The van der Waals surface area contributed by atoms with Gasteiger partial charge < -0.3 is 18.7 Å². The fourth-order valence-corrected chi connectivity index (χ4v) is 2.65. The van der Waals surface area contributed by atoms with Crippen LogP contribution in [0.5, 0.6) is 17.2 Å². The van der Waals surface area contributed by atoms with Crippen molar-refractivity contribution >= 4 is 22.6 Å². The minimum absolute atomic E-state index is 0.209. The molecule has 0 aliphatic rings. The minimum atomic E-state index is 0.209. The standard InChI is InChI=1S/C17H15IN2O4/c1-21-14-8-7-11(9-15(14)22-2)17-19-16(24-20-17)10-23-13-6-4-3-5-12(13)18/h3-9H,10H2,1-2H3. The number of para-hydroxylation sites is 1. The fraction of sp³-hybridized carbons (Fsp3) is 0.176. The van der Waals surface area contributed by atoms with E-state index in [1.54, 1.807) is 26.4 Å². The quantitative estimate of drug-likeness (QED) is 0.544. The summed E-state index contributed by atoms with van der Waals surface area (Å²) in [6.07, 6.45) is 0. The lowest BCUT2D eigenvalue weighted by Gasteiger charge is -2.07. The number of aromatic nitrogens is 2. The average molecular weight is 438 g/mol. The Kier molecular flexibility index (Phi) is 5.19. The van der Waals surface area contributed by atoms with E-state index in [0.717, 1.165) is 14.9 Å². The van der Waals surface area contributed by atoms with E-state index in [9.17, 15) is 0 Å². The Labute approximate surface area is 152 Å². The monoisotopic (exact) mass is 438 g/mol. The van der Waals surface area contributed by atoms with Crippen molar-refractivity contribution in [3.63, 3.8) is 0 Å². The molecule has 3 rings (SSSR count). The molecule has 0 unspecified atom stereocenters. The van der Waals surface area contributed by atoms with Gasteiger partial charge in [0.25, 0.3) is 5.89 Å². The smallest absolute Gasteiger partial charge is 0.264 e. The van der Waals surface area contributed by atoms with E-state index in [1.165, 1.54) is 0 Å². The van der Waals surface area contributed by atoms with Gasteiger partial charge >= 0.3 is 0 Å². The second-order valence-electron chi connectivity index (χ2n) is 4.80. The average Bonchev–Trinajstić information content (AvgIpc) is 3.09. The van der Waals surface area contributed by atoms with Crippen LogP contribution in [-0.4, -0.2) is 24.4 Å². The molecule has 0 radical (unpaired) electrons. The molecule has 1 heterocycles. The van der Waals surface area contributed by atoms with Crippen LogP contribution in [0, 0.1) is 3.57 Å². The molecule has 7 heteroatoms. The molecule has 0 spiro atoms. The lowest BCUT2D eigenvalue weighted by molar-refractivity contribution is 0.241. The van der Waals surface area contributed by atoms with Crippen molar-refractivity contribution in [1.82, 2.24) is 10.1 Å². The van der Waals surface area contributed by atoms with Gasteiger partial charge in [-0.25, -0.2) is 0 Å². The number of hydrogen-bond donors (Lipinski definition) is 0. The number of halogens is 1. The molecule has 0 bridgehead atoms. The Morgan fingerprint density at radius 1 is 1.00 bits per heavy atom. The Hall–Kier alpha value is -2.29. The molecule has 0 saturated carbocycles. The summed E-state index contributed by atoms with van der Waals surface area (Å²) < 4.78 is 22.5. The zero-order valence-corrected chi connectivity index (χ0v) is 15.3. The molecule has 0 N–H and O–H groups in total. The van der Waals surface area contributed by atoms with E-state index < -0.39 is 0 Å². The van der Waals surface area contributed by atoms with Gasteiger partial charge in [0.15, 0.2) is 18.1 Å². The SMILES string of the molecule is COc1ccc(-c2noc(COc3ccccc3I)n2)cc1OC. The first-order chi connectivity index (χ1) is 11.7. The van der Waals surface area contributed by atoms with Gasteiger partial charge in [0.1, 0.15) is 5.75 Å². The molecule has 0 aliphatic carbocycles. The van der Waals surface area contributed by atoms with Gasteiger partial charge in [-0.2, -0.15) is 4.98 Å². The van der Waals surface area contributed by atoms with Crippen LogP contribution in [0.1, 0.15) is 5.89 Å². The summed E-state index contributed by atoms with van der Waals surface area (Å²) in [5.41, 5.74) is 0.775. The number of benzene rings is 2. The van der Waals surface area contributed by atoms with Crippen LogP contribution in [0.25, 0.3) is 11.4 Å². The van der Waals surface area contributed by atoms with Crippen LogP contribution in [-0.2, 0) is 6.61 Å². The van der Waals surface area contributed by atoms with Crippen molar-refractivity contribution in [3.05, 3.63) is 51.9 Å². The Morgan fingerprint density at radius 3 is 2.54 bits per heavy atom. The number of rotatable bonds is 6. The summed E-state index contributed by atoms with van der Waals surface area (Å²) in [5.74, 6) is 2.91. The molecular formula is C17H15IN2O4. The highest BCUT2D eigenvalue weighted by atomic mass is 127. The van der Waals surface area contributed by atoms with Crippen molar-refractivity contribution < 1.29 is 18.7 Å². The highest BCUT2D eigenvalue weighted by molar-refractivity contribution is 14.1. The summed E-state index contributed by atoms with van der Waals surface area (Å²) in [6, 6.07) is 13.2. The van der Waals surface area contributed by atoms with Crippen molar-refractivity contribution in [2.24, 2.45) is 0 Å². The van der Waals surface area contributed by atoms with Gasteiger partial charge in [0.05, 0.1) is 17.8 Å². The highest BCUT2D eigenvalue weighted by Gasteiger charge is 2.13. The zero-order valence-electron chi connectivity index (χ0n) is 13.2. The van der Waals surface area contributed by atoms with Crippen molar-refractivity contribution in [1.29, 1.82) is 0 Å². The second kappa shape index (κ2) is 7.52. The van der Waals surface area contributed by atoms with Crippen LogP contribution < -0.4 is 14.2 Å². The number of ether oxygens (including phenoxy) is 3. The van der Waals surface area contributed by atoms with Crippen LogP contribution in [0.3, 0.4) is 0 Å². The first-order valence-corrected chi connectivity index (χ1v) is 8.21. The van der Waals surface area contributed by atoms with Gasteiger partial charge in [0, 0.05) is 5.56 Å². The van der Waals surface area contributed by atoms with Crippen LogP contribution in [0.4, 0.5) is 0 Å². The third-order valence-electron chi connectivity index (χ3n) is 3.30. The maximum atomic E-state index is 5.71. The van der Waals surface area contributed by atoms with Gasteiger partial charge in [-0.1, -0.05) is 17.3 Å². The molecule has 0 fully saturated rings. The molecule has 1 aromatic heterocycles.